The summed E-state index contributed by atoms with van der Waals surface area (Å²) in [6.45, 7) is 5.68. The van der Waals surface area contributed by atoms with E-state index in [0.717, 1.165) is 0 Å². The Morgan fingerprint density at radius 3 is 2.75 bits per heavy atom. The number of aliphatic hydroxyl groups excluding tert-OH is 1. The van der Waals surface area contributed by atoms with Gasteiger partial charge in [0.1, 0.15) is 5.60 Å². The molecule has 0 radical (unpaired) electrons. The number of hydrogen-bond acceptors (Lipinski definition) is 5. The Kier molecular flexibility index (Phi) is 5.76. The highest BCUT2D eigenvalue weighted by atomic mass is 16.6. The number of carbonyl (C=O) groups excluding carboxylic acids is 1. The molecule has 6 nitrogen and oxygen atoms in total. The summed E-state index contributed by atoms with van der Waals surface area (Å²) in [6.07, 6.45) is -0.914. The monoisotopic (exact) mass is 282 g/mol. The fraction of sp³-hybridized carbons (Fsp3) is 0.571. The van der Waals surface area contributed by atoms with Crippen LogP contribution in [0.2, 0.25) is 0 Å². The molecule has 2 N–H and O–H groups in total. The van der Waals surface area contributed by atoms with Crippen molar-refractivity contribution in [1.82, 2.24) is 10.3 Å². The second-order valence-corrected chi connectivity index (χ2v) is 5.34. The number of methoxy groups -OCH3 is 1. The molecule has 1 amide bonds. The highest BCUT2D eigenvalue weighted by Gasteiger charge is 2.16. The average Bonchev–Trinajstić information content (AvgIpc) is 2.36. The van der Waals surface area contributed by atoms with Crippen LogP contribution in [0.4, 0.5) is 4.79 Å². The van der Waals surface area contributed by atoms with Crippen molar-refractivity contribution in [2.75, 3.05) is 13.7 Å². The molecule has 0 spiro atoms. The third-order valence-electron chi connectivity index (χ3n) is 2.38. The summed E-state index contributed by atoms with van der Waals surface area (Å²) in [7, 11) is 1.52. The number of aromatic nitrogens is 1. The summed E-state index contributed by atoms with van der Waals surface area (Å²) in [5.41, 5.74) is -0.0211. The van der Waals surface area contributed by atoms with Crippen LogP contribution in [-0.2, 0) is 4.74 Å². The Bertz CT molecular complexity index is 443. The summed E-state index contributed by atoms with van der Waals surface area (Å²) >= 11 is 0. The minimum Gasteiger partial charge on any atom is -0.481 e. The van der Waals surface area contributed by atoms with Crippen LogP contribution in [0.25, 0.3) is 0 Å². The molecule has 1 atom stereocenters. The lowest BCUT2D eigenvalue weighted by Gasteiger charge is -2.20. The van der Waals surface area contributed by atoms with Gasteiger partial charge in [0.2, 0.25) is 5.88 Å². The molecule has 0 aliphatic heterocycles. The molecule has 112 valence electrons. The van der Waals surface area contributed by atoms with E-state index in [0.29, 0.717) is 24.5 Å². The van der Waals surface area contributed by atoms with Gasteiger partial charge in [-0.25, -0.2) is 9.78 Å². The largest absolute Gasteiger partial charge is 0.481 e. The Morgan fingerprint density at radius 2 is 2.15 bits per heavy atom. The highest BCUT2D eigenvalue weighted by molar-refractivity contribution is 5.67. The minimum atomic E-state index is -0.764. The maximum absolute atomic E-state index is 11.4. The Balaban J connectivity index is 2.39. The zero-order valence-electron chi connectivity index (χ0n) is 12.3. The van der Waals surface area contributed by atoms with Crippen LogP contribution in [0.1, 0.15) is 39.0 Å². The van der Waals surface area contributed by atoms with Crippen LogP contribution in [-0.4, -0.2) is 35.4 Å². The van der Waals surface area contributed by atoms with Gasteiger partial charge in [0.25, 0.3) is 0 Å². The summed E-state index contributed by atoms with van der Waals surface area (Å²) < 4.78 is 10.1. The van der Waals surface area contributed by atoms with Gasteiger partial charge in [-0.05, 0) is 33.3 Å². The van der Waals surface area contributed by atoms with Crippen LogP contribution in [0.15, 0.2) is 18.2 Å². The van der Waals surface area contributed by atoms with E-state index in [1.165, 1.54) is 7.11 Å². The van der Waals surface area contributed by atoms with E-state index >= 15 is 0 Å². The topological polar surface area (TPSA) is 80.7 Å². The number of pyridine rings is 1. The Morgan fingerprint density at radius 1 is 1.45 bits per heavy atom. The molecule has 6 heteroatoms. The minimum absolute atomic E-state index is 0.301. The van der Waals surface area contributed by atoms with Gasteiger partial charge in [-0.15, -0.1) is 0 Å². The lowest BCUT2D eigenvalue weighted by Crippen LogP contribution is -2.33. The van der Waals surface area contributed by atoms with Crippen molar-refractivity contribution in [1.29, 1.82) is 0 Å². The number of hydrogen-bond donors (Lipinski definition) is 2. The third-order valence-corrected chi connectivity index (χ3v) is 2.38. The molecule has 0 aliphatic carbocycles. The number of alkyl carbamates (subject to hydrolysis) is 1. The molecular weight excluding hydrogens is 260 g/mol. The number of aliphatic hydroxyl groups is 1. The van der Waals surface area contributed by atoms with E-state index in [1.54, 1.807) is 39.0 Å². The second kappa shape index (κ2) is 7.09. The molecule has 1 rings (SSSR count). The number of nitrogens with zero attached hydrogens (tertiary/aromatic N) is 1. The molecule has 0 saturated heterocycles. The summed E-state index contributed by atoms with van der Waals surface area (Å²) in [5.74, 6) is 0.446. The maximum atomic E-state index is 11.4. The molecule has 0 fully saturated rings. The predicted molar refractivity (Wildman–Crippen MR) is 74.6 cm³/mol. The van der Waals surface area contributed by atoms with Crippen molar-refractivity contribution >= 4 is 6.09 Å². The molecule has 20 heavy (non-hydrogen) atoms. The SMILES string of the molecule is COc1cccc(C(O)CCNC(=O)OC(C)(C)C)n1. The van der Waals surface area contributed by atoms with E-state index in [1.807, 2.05) is 0 Å². The second-order valence-electron chi connectivity index (χ2n) is 5.34. The lowest BCUT2D eigenvalue weighted by molar-refractivity contribution is 0.0517. The van der Waals surface area contributed by atoms with Gasteiger partial charge in [0, 0.05) is 12.6 Å². The quantitative estimate of drug-likeness (QED) is 0.863. The van der Waals surface area contributed by atoms with Crippen LogP contribution < -0.4 is 10.1 Å². The average molecular weight is 282 g/mol. The van der Waals surface area contributed by atoms with Crippen molar-refractivity contribution in [2.24, 2.45) is 0 Å². The normalized spacial score (nSPS) is 12.7. The molecule has 1 unspecified atom stereocenters. The number of ether oxygens (including phenoxy) is 2. The first kappa shape index (κ1) is 16.2. The van der Waals surface area contributed by atoms with Crippen LogP contribution >= 0.6 is 0 Å². The van der Waals surface area contributed by atoms with Crippen molar-refractivity contribution < 1.29 is 19.4 Å². The molecule has 0 bridgehead atoms. The predicted octanol–water partition coefficient (Wildman–Crippen LogP) is 2.04. The van der Waals surface area contributed by atoms with E-state index in [9.17, 15) is 9.90 Å². The molecular formula is C14H22N2O4. The van der Waals surface area contributed by atoms with Gasteiger partial charge >= 0.3 is 6.09 Å². The first-order valence-corrected chi connectivity index (χ1v) is 6.47. The van der Waals surface area contributed by atoms with E-state index in [2.05, 4.69) is 10.3 Å². The van der Waals surface area contributed by atoms with Crippen molar-refractivity contribution in [3.8, 4) is 5.88 Å². The standard InChI is InChI=1S/C14H22N2O4/c1-14(2,3)20-13(18)15-9-8-11(17)10-6-5-7-12(16-10)19-4/h5-7,11,17H,8-9H2,1-4H3,(H,15,18). The molecule has 1 aromatic heterocycles. The number of amides is 1. The molecule has 0 aliphatic rings. The lowest BCUT2D eigenvalue weighted by atomic mass is 10.1. The van der Waals surface area contributed by atoms with Gasteiger partial charge in [0.05, 0.1) is 18.9 Å². The molecule has 1 aromatic rings. The van der Waals surface area contributed by atoms with Crippen molar-refractivity contribution in [2.45, 2.75) is 38.9 Å². The number of rotatable bonds is 5. The first-order valence-electron chi connectivity index (χ1n) is 6.47. The maximum Gasteiger partial charge on any atom is 0.407 e. The molecule has 0 aromatic carbocycles. The zero-order valence-corrected chi connectivity index (χ0v) is 12.3. The fourth-order valence-corrected chi connectivity index (χ4v) is 1.50. The Labute approximate surface area is 119 Å². The van der Waals surface area contributed by atoms with Crippen LogP contribution in [0.3, 0.4) is 0 Å². The fourth-order valence-electron chi connectivity index (χ4n) is 1.50. The van der Waals surface area contributed by atoms with Crippen LogP contribution in [0, 0.1) is 0 Å². The van der Waals surface area contributed by atoms with Gasteiger partial charge in [-0.1, -0.05) is 6.07 Å². The molecule has 1 heterocycles. The highest BCUT2D eigenvalue weighted by Crippen LogP contribution is 2.16. The summed E-state index contributed by atoms with van der Waals surface area (Å²) in [5, 5.41) is 12.6. The van der Waals surface area contributed by atoms with E-state index < -0.39 is 17.8 Å². The molecule has 0 saturated carbocycles. The van der Waals surface area contributed by atoms with E-state index in [-0.39, 0.29) is 0 Å². The third kappa shape index (κ3) is 5.88. The summed E-state index contributed by atoms with van der Waals surface area (Å²) in [6, 6.07) is 5.17. The summed E-state index contributed by atoms with van der Waals surface area (Å²) in [4.78, 5) is 15.6. The van der Waals surface area contributed by atoms with Gasteiger partial charge < -0.3 is 19.9 Å². The number of carbonyl (C=O) groups is 1. The smallest absolute Gasteiger partial charge is 0.407 e. The zero-order chi connectivity index (χ0) is 15.2. The van der Waals surface area contributed by atoms with Crippen molar-refractivity contribution in [3.63, 3.8) is 0 Å². The van der Waals surface area contributed by atoms with Gasteiger partial charge in [-0.3, -0.25) is 0 Å². The van der Waals surface area contributed by atoms with E-state index in [4.69, 9.17) is 9.47 Å². The first-order chi connectivity index (χ1) is 9.31. The van der Waals surface area contributed by atoms with Gasteiger partial charge in [0.15, 0.2) is 0 Å². The van der Waals surface area contributed by atoms with Gasteiger partial charge in [-0.2, -0.15) is 0 Å². The Hall–Kier alpha value is -1.82. The number of nitrogens with one attached hydrogen (secondary N) is 1. The van der Waals surface area contributed by atoms with Crippen molar-refractivity contribution in [3.05, 3.63) is 23.9 Å². The van der Waals surface area contributed by atoms with Crippen LogP contribution in [0.5, 0.6) is 5.88 Å².